The van der Waals surface area contributed by atoms with E-state index in [1.54, 1.807) is 12.1 Å². The van der Waals surface area contributed by atoms with Crippen molar-refractivity contribution in [2.24, 2.45) is 0 Å². The quantitative estimate of drug-likeness (QED) is 0.830. The number of benzene rings is 1. The lowest BCUT2D eigenvalue weighted by Gasteiger charge is -2.12. The number of hydrogen-bond donors (Lipinski definition) is 1. The molecule has 1 heterocycles. The molecule has 1 fully saturated rings. The Balaban J connectivity index is 2.13. The number of alkyl halides is 1. The van der Waals surface area contributed by atoms with Crippen LogP contribution in [-0.4, -0.2) is 18.5 Å². The zero-order chi connectivity index (χ0) is 10.8. The Hall–Kier alpha value is 0.01000. The van der Waals surface area contributed by atoms with Crippen LogP contribution >= 0.6 is 34.8 Å². The van der Waals surface area contributed by atoms with Crippen LogP contribution in [-0.2, 0) is 4.74 Å². The fourth-order valence-corrected chi connectivity index (χ4v) is 1.98. The van der Waals surface area contributed by atoms with Gasteiger partial charge in [-0.25, -0.2) is 0 Å². The maximum Gasteiger partial charge on any atom is 0.134 e. The van der Waals surface area contributed by atoms with Crippen molar-refractivity contribution in [3.8, 4) is 0 Å². The molecule has 0 aromatic heterocycles. The average Bonchev–Trinajstić information content (AvgIpc) is 2.70. The fraction of sp³-hybridized carbons (Fsp3) is 0.400. The van der Waals surface area contributed by atoms with Gasteiger partial charge in [0.05, 0.1) is 16.1 Å². The van der Waals surface area contributed by atoms with Crippen LogP contribution < -0.4 is 5.32 Å². The molecule has 5 heteroatoms. The van der Waals surface area contributed by atoms with Gasteiger partial charge in [-0.15, -0.1) is 11.6 Å². The first kappa shape index (κ1) is 11.5. The average molecular weight is 267 g/mol. The van der Waals surface area contributed by atoms with Crippen LogP contribution in [0.15, 0.2) is 18.2 Å². The molecule has 0 amide bonds. The summed E-state index contributed by atoms with van der Waals surface area (Å²) in [5, 5.41) is 4.30. The van der Waals surface area contributed by atoms with Crippen LogP contribution in [0.1, 0.15) is 11.8 Å². The van der Waals surface area contributed by atoms with Gasteiger partial charge in [0, 0.05) is 12.4 Å². The van der Waals surface area contributed by atoms with Gasteiger partial charge in [-0.05, 0) is 17.7 Å². The molecule has 15 heavy (non-hydrogen) atoms. The van der Waals surface area contributed by atoms with E-state index in [2.05, 4.69) is 5.32 Å². The molecule has 0 spiro atoms. The van der Waals surface area contributed by atoms with Crippen molar-refractivity contribution in [3.63, 3.8) is 0 Å². The molecule has 2 atom stereocenters. The Morgan fingerprint density at radius 1 is 1.33 bits per heavy atom. The largest absolute Gasteiger partial charge is 0.353 e. The molecule has 1 aliphatic rings. The molecule has 1 N–H and O–H groups in total. The highest BCUT2D eigenvalue weighted by Gasteiger charge is 2.25. The van der Waals surface area contributed by atoms with Crippen LogP contribution in [0.5, 0.6) is 0 Å². The summed E-state index contributed by atoms with van der Waals surface area (Å²) in [5.41, 5.74) is 0.969. The minimum Gasteiger partial charge on any atom is -0.353 e. The van der Waals surface area contributed by atoms with Crippen molar-refractivity contribution in [1.29, 1.82) is 0 Å². The molecule has 1 aromatic carbocycles. The van der Waals surface area contributed by atoms with Gasteiger partial charge in [-0.1, -0.05) is 29.3 Å². The van der Waals surface area contributed by atoms with Crippen LogP contribution in [0.3, 0.4) is 0 Å². The highest BCUT2D eigenvalue weighted by molar-refractivity contribution is 6.42. The first-order valence-corrected chi connectivity index (χ1v) is 5.89. The van der Waals surface area contributed by atoms with Crippen molar-refractivity contribution in [2.75, 3.05) is 12.4 Å². The first-order chi connectivity index (χ1) is 7.20. The standard InChI is InChI=1S/C10H10Cl3NO/c11-4-7-5-14-10(15-7)6-1-2-8(12)9(13)3-6/h1-3,7,10,14H,4-5H2/t7-,10+/m1/s1. The summed E-state index contributed by atoms with van der Waals surface area (Å²) in [6, 6.07) is 5.46. The third-order valence-electron chi connectivity index (χ3n) is 2.28. The van der Waals surface area contributed by atoms with E-state index in [0.717, 1.165) is 12.1 Å². The third-order valence-corrected chi connectivity index (χ3v) is 3.36. The number of hydrogen-bond acceptors (Lipinski definition) is 2. The maximum atomic E-state index is 5.92. The number of nitrogens with one attached hydrogen (secondary N) is 1. The molecular weight excluding hydrogens is 256 g/mol. The lowest BCUT2D eigenvalue weighted by atomic mass is 10.2. The second-order valence-corrected chi connectivity index (χ2v) is 4.50. The molecule has 1 aliphatic heterocycles. The van der Waals surface area contributed by atoms with E-state index in [9.17, 15) is 0 Å². The Labute approximate surface area is 103 Å². The Bertz CT molecular complexity index is 359. The molecule has 2 rings (SSSR count). The van der Waals surface area contributed by atoms with Crippen molar-refractivity contribution in [1.82, 2.24) is 5.32 Å². The van der Waals surface area contributed by atoms with Gasteiger partial charge in [0.15, 0.2) is 0 Å². The van der Waals surface area contributed by atoms with Crippen molar-refractivity contribution in [2.45, 2.75) is 12.3 Å². The van der Waals surface area contributed by atoms with Crippen molar-refractivity contribution >= 4 is 34.8 Å². The molecule has 1 aromatic rings. The minimum absolute atomic E-state index is 0.0612. The molecule has 0 aliphatic carbocycles. The topological polar surface area (TPSA) is 21.3 Å². The maximum absolute atomic E-state index is 5.92. The zero-order valence-electron chi connectivity index (χ0n) is 7.84. The van der Waals surface area contributed by atoms with E-state index >= 15 is 0 Å². The van der Waals surface area contributed by atoms with Crippen LogP contribution in [0.25, 0.3) is 0 Å². The lowest BCUT2D eigenvalue weighted by Crippen LogP contribution is -2.15. The summed E-state index contributed by atoms with van der Waals surface area (Å²) in [5.74, 6) is 0.491. The minimum atomic E-state index is -0.136. The highest BCUT2D eigenvalue weighted by atomic mass is 35.5. The number of ether oxygens (including phenoxy) is 1. The zero-order valence-corrected chi connectivity index (χ0v) is 10.1. The summed E-state index contributed by atoms with van der Waals surface area (Å²) in [6.07, 6.45) is -0.0744. The van der Waals surface area contributed by atoms with Gasteiger partial charge >= 0.3 is 0 Å². The van der Waals surface area contributed by atoms with E-state index in [1.165, 1.54) is 0 Å². The monoisotopic (exact) mass is 265 g/mol. The Morgan fingerprint density at radius 2 is 2.13 bits per heavy atom. The van der Waals surface area contributed by atoms with E-state index in [1.807, 2.05) is 6.07 Å². The predicted octanol–water partition coefficient (Wildman–Crippen LogP) is 3.22. The molecule has 0 radical (unpaired) electrons. The summed E-state index contributed by atoms with van der Waals surface area (Å²) < 4.78 is 5.65. The van der Waals surface area contributed by atoms with Crippen molar-refractivity contribution in [3.05, 3.63) is 33.8 Å². The third kappa shape index (κ3) is 2.58. The van der Waals surface area contributed by atoms with Gasteiger partial charge in [0.2, 0.25) is 0 Å². The summed E-state index contributed by atoms with van der Waals surface area (Å²) in [4.78, 5) is 0. The summed E-state index contributed by atoms with van der Waals surface area (Å²) >= 11 is 17.5. The molecule has 0 unspecified atom stereocenters. The number of rotatable bonds is 2. The van der Waals surface area contributed by atoms with Crippen LogP contribution in [0.4, 0.5) is 0 Å². The second kappa shape index (κ2) is 4.89. The van der Waals surface area contributed by atoms with E-state index in [0.29, 0.717) is 15.9 Å². The molecule has 2 nitrogen and oxygen atoms in total. The highest BCUT2D eigenvalue weighted by Crippen LogP contribution is 2.28. The lowest BCUT2D eigenvalue weighted by molar-refractivity contribution is 0.0528. The van der Waals surface area contributed by atoms with E-state index in [4.69, 9.17) is 39.5 Å². The van der Waals surface area contributed by atoms with Gasteiger partial charge < -0.3 is 4.74 Å². The summed E-state index contributed by atoms with van der Waals surface area (Å²) in [7, 11) is 0. The molecule has 0 bridgehead atoms. The van der Waals surface area contributed by atoms with Gasteiger partial charge in [-0.3, -0.25) is 5.32 Å². The van der Waals surface area contributed by atoms with E-state index in [-0.39, 0.29) is 12.3 Å². The van der Waals surface area contributed by atoms with E-state index < -0.39 is 0 Å². The van der Waals surface area contributed by atoms with Crippen molar-refractivity contribution < 1.29 is 4.74 Å². The summed E-state index contributed by atoms with van der Waals surface area (Å²) in [6.45, 7) is 0.758. The van der Waals surface area contributed by atoms with Gasteiger partial charge in [-0.2, -0.15) is 0 Å². The predicted molar refractivity (Wildman–Crippen MR) is 62.8 cm³/mol. The molecule has 1 saturated heterocycles. The SMILES string of the molecule is ClC[C@@H]1CN[C@H](c2ccc(Cl)c(Cl)c2)O1. The molecule has 82 valence electrons. The fourth-order valence-electron chi connectivity index (χ4n) is 1.49. The molecule has 0 saturated carbocycles. The van der Waals surface area contributed by atoms with Crippen LogP contribution in [0, 0.1) is 0 Å². The Morgan fingerprint density at radius 3 is 2.73 bits per heavy atom. The van der Waals surface area contributed by atoms with Crippen LogP contribution in [0.2, 0.25) is 10.0 Å². The normalized spacial score (nSPS) is 25.8. The van der Waals surface area contributed by atoms with Gasteiger partial charge in [0.1, 0.15) is 6.23 Å². The second-order valence-electron chi connectivity index (χ2n) is 3.37. The number of halogens is 3. The molecular formula is C10H10Cl3NO. The Kier molecular flexibility index (Phi) is 3.75. The van der Waals surface area contributed by atoms with Gasteiger partial charge in [0.25, 0.3) is 0 Å². The smallest absolute Gasteiger partial charge is 0.134 e. The first-order valence-electron chi connectivity index (χ1n) is 4.60.